The van der Waals surface area contributed by atoms with Gasteiger partial charge in [-0.2, -0.15) is 5.10 Å². The van der Waals surface area contributed by atoms with Crippen molar-refractivity contribution in [3.63, 3.8) is 0 Å². The van der Waals surface area contributed by atoms with Crippen molar-refractivity contribution >= 4 is 56.7 Å². The zero-order valence-electron chi connectivity index (χ0n) is 28.2. The first-order chi connectivity index (χ1) is 23.6. The van der Waals surface area contributed by atoms with Crippen LogP contribution in [0.4, 0.5) is 0 Å². The van der Waals surface area contributed by atoms with Gasteiger partial charge in [0.05, 0.1) is 29.4 Å². The van der Waals surface area contributed by atoms with Gasteiger partial charge in [-0.3, -0.25) is 14.6 Å². The van der Waals surface area contributed by atoms with E-state index in [1.54, 1.807) is 30.4 Å². The molecule has 0 saturated heterocycles. The van der Waals surface area contributed by atoms with Crippen LogP contribution in [0, 0.1) is 6.92 Å². The van der Waals surface area contributed by atoms with Gasteiger partial charge in [-0.1, -0.05) is 41.9 Å². The monoisotopic (exact) mass is 700 g/mol. The lowest BCUT2D eigenvalue weighted by Crippen LogP contribution is -2.31. The number of nitrogens with two attached hydrogens (primary N) is 1. The molecule has 10 nitrogen and oxygen atoms in total. The summed E-state index contributed by atoms with van der Waals surface area (Å²) in [6, 6.07) is 16.1. The quantitative estimate of drug-likeness (QED) is 0.202. The van der Waals surface area contributed by atoms with Gasteiger partial charge in [0.1, 0.15) is 11.4 Å². The first-order valence-corrected chi connectivity index (χ1v) is 17.6. The van der Waals surface area contributed by atoms with E-state index in [-0.39, 0.29) is 12.3 Å². The fourth-order valence-electron chi connectivity index (χ4n) is 6.77. The van der Waals surface area contributed by atoms with E-state index in [1.165, 1.54) is 0 Å². The largest absolute Gasteiger partial charge is 0.493 e. The zero-order valence-corrected chi connectivity index (χ0v) is 29.7. The Labute approximate surface area is 294 Å². The lowest BCUT2D eigenvalue weighted by Gasteiger charge is -2.22. The fraction of sp³-hybridized carbons (Fsp3) is 0.324. The van der Waals surface area contributed by atoms with Crippen LogP contribution in [-0.4, -0.2) is 80.2 Å². The van der Waals surface area contributed by atoms with Gasteiger partial charge >= 0.3 is 5.97 Å². The summed E-state index contributed by atoms with van der Waals surface area (Å²) in [7, 11) is 5.42. The number of allylic oxidation sites excluding steroid dienone is 1. The highest BCUT2D eigenvalue weighted by Crippen LogP contribution is 2.42. The van der Waals surface area contributed by atoms with Gasteiger partial charge in [0.15, 0.2) is 0 Å². The molecular formula is C37H41ClN6O4S. The maximum atomic E-state index is 12.8. The molecule has 12 heteroatoms. The maximum absolute atomic E-state index is 12.8. The second kappa shape index (κ2) is 14.7. The average molecular weight is 701 g/mol. The van der Waals surface area contributed by atoms with Gasteiger partial charge in [-0.15, -0.1) is 11.8 Å². The van der Waals surface area contributed by atoms with Crippen LogP contribution in [0.5, 0.6) is 5.75 Å². The van der Waals surface area contributed by atoms with Gasteiger partial charge in [0.25, 0.3) is 0 Å². The van der Waals surface area contributed by atoms with Gasteiger partial charge in [0, 0.05) is 90.4 Å². The molecule has 1 aliphatic rings. The third-order valence-electron chi connectivity index (χ3n) is 9.12. The minimum Gasteiger partial charge on any atom is -0.493 e. The number of fused-ring (bicyclic) bond motifs is 6. The second-order valence-corrected chi connectivity index (χ2v) is 13.7. The van der Waals surface area contributed by atoms with E-state index < -0.39 is 5.97 Å². The highest BCUT2D eigenvalue weighted by atomic mass is 35.5. The topological polar surface area (TPSA) is 131 Å². The fourth-order valence-corrected chi connectivity index (χ4v) is 7.95. The summed E-state index contributed by atoms with van der Waals surface area (Å²) < 4.78 is 9.97. The molecule has 0 spiro atoms. The van der Waals surface area contributed by atoms with Gasteiger partial charge in [0.2, 0.25) is 0 Å². The van der Waals surface area contributed by atoms with Crippen LogP contribution in [0.1, 0.15) is 33.9 Å². The molecule has 256 valence electrons. The van der Waals surface area contributed by atoms with Crippen LogP contribution in [0.2, 0.25) is 5.02 Å². The number of hydrogen-bond donors (Lipinski definition) is 3. The number of hydrogen-bond acceptors (Lipinski definition) is 8. The van der Waals surface area contributed by atoms with E-state index in [4.69, 9.17) is 27.2 Å². The van der Waals surface area contributed by atoms with Gasteiger partial charge in [-0.25, -0.2) is 4.79 Å². The maximum Gasteiger partial charge on any atom is 0.352 e. The SMILES string of the molecule is CN=C1C=C(N)CN(CCO)Cc2nn(C)c(C)c2-c2c(Cl)ccc3c(c(C(=O)O)n(C)c23)CCCOc2cc(cc3ccccc23)SC1. The van der Waals surface area contributed by atoms with Crippen molar-refractivity contribution in [1.29, 1.82) is 0 Å². The number of aliphatic hydroxyl groups is 1. The summed E-state index contributed by atoms with van der Waals surface area (Å²) in [5.74, 6) is 0.382. The molecule has 49 heavy (non-hydrogen) atoms. The van der Waals surface area contributed by atoms with Crippen molar-refractivity contribution in [3.8, 4) is 16.9 Å². The second-order valence-electron chi connectivity index (χ2n) is 12.3. The smallest absolute Gasteiger partial charge is 0.352 e. The molecule has 6 bridgehead atoms. The summed E-state index contributed by atoms with van der Waals surface area (Å²) >= 11 is 8.66. The highest BCUT2D eigenvalue weighted by molar-refractivity contribution is 8.00. The normalized spacial score (nSPS) is 16.0. The Balaban J connectivity index is 1.52. The number of aryl methyl sites for hydroxylation is 3. The molecule has 0 aliphatic carbocycles. The Morgan fingerprint density at radius 1 is 1.12 bits per heavy atom. The van der Waals surface area contributed by atoms with Crippen molar-refractivity contribution in [2.45, 2.75) is 31.2 Å². The van der Waals surface area contributed by atoms with Crippen LogP contribution in [0.3, 0.4) is 0 Å². The Morgan fingerprint density at radius 3 is 2.67 bits per heavy atom. The molecule has 0 amide bonds. The molecule has 0 atom stereocenters. The lowest BCUT2D eigenvalue weighted by molar-refractivity contribution is 0.0685. The number of β-amino-alcohol motifs (C(OH)–C–C–N with tert-alkyl or cyclic N) is 1. The number of aromatic carboxylic acids is 1. The number of ether oxygens (including phenoxy) is 1. The molecule has 0 unspecified atom stereocenters. The van der Waals surface area contributed by atoms with Gasteiger partial charge < -0.3 is 25.3 Å². The number of carbonyl (C=O) groups is 1. The van der Waals surface area contributed by atoms with Gasteiger partial charge in [-0.05, 0) is 55.0 Å². The number of carboxylic acid groups (broad SMARTS) is 1. The number of benzene rings is 3. The summed E-state index contributed by atoms with van der Waals surface area (Å²) in [6.45, 7) is 3.44. The predicted octanol–water partition coefficient (Wildman–Crippen LogP) is 6.22. The molecule has 1 aliphatic heterocycles. The number of carboxylic acids is 1. The Kier molecular flexibility index (Phi) is 10.4. The minimum absolute atomic E-state index is 0.0646. The lowest BCUT2D eigenvalue weighted by atomic mass is 9.97. The minimum atomic E-state index is -1.00. The van der Waals surface area contributed by atoms with Crippen molar-refractivity contribution in [2.24, 2.45) is 24.8 Å². The molecule has 0 saturated carbocycles. The molecule has 4 N–H and O–H groups in total. The Morgan fingerprint density at radius 2 is 1.92 bits per heavy atom. The Bertz CT molecular complexity index is 2120. The number of nitrogens with zero attached hydrogens (tertiary/aromatic N) is 5. The molecule has 0 fully saturated rings. The number of rotatable bonds is 3. The molecule has 5 aromatic rings. The van der Waals surface area contributed by atoms with E-state index >= 15 is 0 Å². The summed E-state index contributed by atoms with van der Waals surface area (Å²) in [5, 5.41) is 28.8. The van der Waals surface area contributed by atoms with Crippen molar-refractivity contribution < 1.29 is 19.7 Å². The summed E-state index contributed by atoms with van der Waals surface area (Å²) in [4.78, 5) is 20.4. The van der Waals surface area contributed by atoms with Crippen molar-refractivity contribution in [3.05, 3.63) is 88.0 Å². The third kappa shape index (κ3) is 6.94. The van der Waals surface area contributed by atoms with Crippen LogP contribution in [-0.2, 0) is 27.1 Å². The number of aliphatic imine (C=N–C) groups is 1. The number of aliphatic hydroxyl groups excluding tert-OH is 1. The number of halogens is 1. The van der Waals surface area contributed by atoms with E-state index in [9.17, 15) is 15.0 Å². The van der Waals surface area contributed by atoms with Crippen molar-refractivity contribution in [1.82, 2.24) is 19.2 Å². The Hall–Kier alpha value is -4.29. The van der Waals surface area contributed by atoms with Crippen LogP contribution < -0.4 is 10.5 Å². The molecule has 0 radical (unpaired) electrons. The predicted molar refractivity (Wildman–Crippen MR) is 198 cm³/mol. The molecule has 2 aromatic heterocycles. The number of thioether (sulfide) groups is 1. The first kappa shape index (κ1) is 34.6. The van der Waals surface area contributed by atoms with Crippen LogP contribution in [0.25, 0.3) is 32.8 Å². The first-order valence-electron chi connectivity index (χ1n) is 16.2. The van der Waals surface area contributed by atoms with Crippen LogP contribution >= 0.6 is 23.4 Å². The number of aromatic nitrogens is 3. The van der Waals surface area contributed by atoms with E-state index in [1.807, 2.05) is 60.0 Å². The molecule has 3 aromatic carbocycles. The van der Waals surface area contributed by atoms with E-state index in [2.05, 4.69) is 23.2 Å². The van der Waals surface area contributed by atoms with E-state index in [0.29, 0.717) is 55.6 Å². The van der Waals surface area contributed by atoms with E-state index in [0.717, 1.165) is 66.1 Å². The average Bonchev–Trinajstić information content (AvgIpc) is 3.51. The molecule has 3 heterocycles. The third-order valence-corrected chi connectivity index (χ3v) is 10.4. The molecule has 6 rings (SSSR count). The highest BCUT2D eigenvalue weighted by Gasteiger charge is 2.28. The van der Waals surface area contributed by atoms with Crippen molar-refractivity contribution in [2.75, 3.05) is 39.1 Å². The standard InChI is InChI=1S/C37H41ClN6O4S/c1-22-33-31(41-43(22)4)20-44(13-14-45)19-24(39)17-25(40-2)21-49-26-16-23-8-5-6-9-27(23)32(18-26)48-15-7-10-28-29-11-12-30(38)34(33)35(29)42(3)36(28)37(46)47/h5-6,8-9,11-12,16-18,45H,7,10,13-15,19-21,39H2,1-4H3,(H,46,47). The zero-order chi connectivity index (χ0) is 34.8. The summed E-state index contributed by atoms with van der Waals surface area (Å²) in [6.07, 6.45) is 3.00. The van der Waals surface area contributed by atoms with Crippen LogP contribution in [0.15, 0.2) is 70.2 Å². The molecular weight excluding hydrogens is 660 g/mol. The summed E-state index contributed by atoms with van der Waals surface area (Å²) in [5.41, 5.74) is 13.0.